The summed E-state index contributed by atoms with van der Waals surface area (Å²) in [6, 6.07) is 3.78. The average Bonchev–Trinajstić information content (AvgIpc) is 2.96. The first kappa shape index (κ1) is 30.1. The van der Waals surface area contributed by atoms with Gasteiger partial charge in [-0.15, -0.1) is 0 Å². The maximum absolute atomic E-state index is 5.58. The van der Waals surface area contributed by atoms with Crippen molar-refractivity contribution in [1.82, 2.24) is 14.8 Å². The lowest BCUT2D eigenvalue weighted by Gasteiger charge is -2.28. The zero-order valence-electron chi connectivity index (χ0n) is 23.8. The van der Waals surface area contributed by atoms with Gasteiger partial charge in [0.15, 0.2) is 0 Å². The first-order chi connectivity index (χ1) is 18.3. The van der Waals surface area contributed by atoms with Gasteiger partial charge in [0.2, 0.25) is 0 Å². The highest BCUT2D eigenvalue weighted by Crippen LogP contribution is 2.34. The van der Waals surface area contributed by atoms with E-state index in [1.54, 1.807) is 31.5 Å². The predicted molar refractivity (Wildman–Crippen MR) is 161 cm³/mol. The van der Waals surface area contributed by atoms with Gasteiger partial charge in [-0.25, -0.2) is 4.99 Å². The average molecular weight is 520 g/mol. The van der Waals surface area contributed by atoms with Crippen molar-refractivity contribution in [3.8, 4) is 11.5 Å². The van der Waals surface area contributed by atoms with E-state index in [-0.39, 0.29) is 0 Å². The smallest absolute Gasteiger partial charge is 0.127 e. The third kappa shape index (κ3) is 8.47. The number of hydrogen-bond acceptors (Lipinski definition) is 8. The van der Waals surface area contributed by atoms with Gasteiger partial charge >= 0.3 is 0 Å². The molecule has 0 radical (unpaired) electrons. The number of methoxy groups -OCH3 is 2. The number of ether oxygens (including phenoxy) is 2. The van der Waals surface area contributed by atoms with Crippen LogP contribution in [0.1, 0.15) is 18.9 Å². The lowest BCUT2D eigenvalue weighted by molar-refractivity contribution is 0.368. The first-order valence-corrected chi connectivity index (χ1v) is 12.4. The second-order valence-corrected chi connectivity index (χ2v) is 8.75. The molecule has 0 amide bonds. The van der Waals surface area contributed by atoms with Gasteiger partial charge in [0, 0.05) is 70.0 Å². The van der Waals surface area contributed by atoms with Crippen molar-refractivity contribution in [3.63, 3.8) is 0 Å². The number of aliphatic imine (C=N–C) groups is 3. The lowest BCUT2D eigenvalue weighted by atomic mass is 10.1. The fourth-order valence-corrected chi connectivity index (χ4v) is 3.70. The highest BCUT2D eigenvalue weighted by molar-refractivity contribution is 6.39. The van der Waals surface area contributed by atoms with Gasteiger partial charge in [-0.05, 0) is 13.8 Å². The van der Waals surface area contributed by atoms with E-state index in [1.807, 2.05) is 70.4 Å². The summed E-state index contributed by atoms with van der Waals surface area (Å²) in [5.74, 6) is 2.22. The molecule has 0 unspecified atom stereocenters. The normalized spacial score (nSPS) is 19.1. The second kappa shape index (κ2) is 15.2. The molecule has 1 heterocycles. The number of rotatable bonds is 10. The maximum atomic E-state index is 5.58. The Balaban J connectivity index is 2.72. The highest BCUT2D eigenvalue weighted by atomic mass is 16.5. The number of allylic oxidation sites excluding steroid dienone is 3. The molecule has 0 saturated heterocycles. The van der Waals surface area contributed by atoms with Crippen molar-refractivity contribution >= 4 is 30.2 Å². The summed E-state index contributed by atoms with van der Waals surface area (Å²) in [5.41, 5.74) is 4.27. The monoisotopic (exact) mass is 519 g/mol. The van der Waals surface area contributed by atoms with Crippen LogP contribution in [0.25, 0.3) is 0 Å². The van der Waals surface area contributed by atoms with Crippen LogP contribution in [-0.2, 0) is 0 Å². The Morgan fingerprint density at radius 1 is 1.18 bits per heavy atom. The van der Waals surface area contributed by atoms with Gasteiger partial charge < -0.3 is 19.3 Å². The van der Waals surface area contributed by atoms with Crippen molar-refractivity contribution in [3.05, 3.63) is 66.0 Å². The number of hydrazone groups is 1. The number of amidine groups is 1. The van der Waals surface area contributed by atoms with Crippen LogP contribution in [0.3, 0.4) is 0 Å². The predicted octanol–water partition coefficient (Wildman–Crippen LogP) is 4.86. The van der Waals surface area contributed by atoms with E-state index in [1.165, 1.54) is 0 Å². The molecule has 38 heavy (non-hydrogen) atoms. The van der Waals surface area contributed by atoms with Crippen LogP contribution in [0.2, 0.25) is 0 Å². The molecule has 1 aliphatic rings. The summed E-state index contributed by atoms with van der Waals surface area (Å²) in [4.78, 5) is 18.7. The van der Waals surface area contributed by atoms with Crippen LogP contribution in [0.4, 0.5) is 5.69 Å². The minimum Gasteiger partial charge on any atom is -0.497 e. The summed E-state index contributed by atoms with van der Waals surface area (Å²) < 4.78 is 11.1. The molecule has 0 aromatic heterocycles. The summed E-state index contributed by atoms with van der Waals surface area (Å²) in [5, 5.41) is 5.85. The Hall–Kier alpha value is -4.14. The standard InChI is InChI=1S/C29H41N7O2/c1-10-23(19-34(5)6)27-18-31-15-13-12-14-29(36(21-32-27)20-24(11-2)35(7)30-4)33-26-16-25(37-8)17-28(38-9)22(26)3/h10-13,16-19H,1,4,14-15,20-21H2,2-3,5-9H3/b13-12-,23-19+,24-11-,31-18-,32-27+,33-29+. The van der Waals surface area contributed by atoms with Crippen molar-refractivity contribution in [2.45, 2.75) is 20.3 Å². The number of hydrogen-bond donors (Lipinski definition) is 0. The molecule has 0 bridgehead atoms. The van der Waals surface area contributed by atoms with E-state index in [0.29, 0.717) is 37.7 Å². The Kier molecular flexibility index (Phi) is 12.0. The first-order valence-electron chi connectivity index (χ1n) is 12.4. The van der Waals surface area contributed by atoms with Crippen LogP contribution in [0.5, 0.6) is 11.5 Å². The Morgan fingerprint density at radius 2 is 1.95 bits per heavy atom. The third-order valence-corrected chi connectivity index (χ3v) is 5.91. The lowest BCUT2D eigenvalue weighted by Crippen LogP contribution is -2.36. The molecule has 1 aliphatic heterocycles. The third-order valence-electron chi connectivity index (χ3n) is 5.91. The largest absolute Gasteiger partial charge is 0.497 e. The van der Waals surface area contributed by atoms with Crippen molar-refractivity contribution in [1.29, 1.82) is 0 Å². The fourth-order valence-electron chi connectivity index (χ4n) is 3.70. The molecule has 9 heteroatoms. The van der Waals surface area contributed by atoms with Crippen LogP contribution in [0.15, 0.2) is 80.6 Å². The van der Waals surface area contributed by atoms with Crippen LogP contribution in [0, 0.1) is 6.92 Å². The van der Waals surface area contributed by atoms with Crippen molar-refractivity contribution in [2.75, 3.05) is 55.1 Å². The minimum absolute atomic E-state index is 0.342. The summed E-state index contributed by atoms with van der Waals surface area (Å²) >= 11 is 0. The second-order valence-electron chi connectivity index (χ2n) is 8.75. The molecule has 0 aliphatic carbocycles. The molecule has 0 atom stereocenters. The fraction of sp³-hybridized carbons (Fsp3) is 0.379. The Labute approximate surface area is 227 Å². The molecule has 0 N–H and O–H groups in total. The van der Waals surface area contributed by atoms with Gasteiger partial charge in [0.05, 0.1) is 44.4 Å². The van der Waals surface area contributed by atoms with Crippen molar-refractivity contribution in [2.24, 2.45) is 20.1 Å². The quantitative estimate of drug-likeness (QED) is 0.191. The molecule has 0 saturated carbocycles. The summed E-state index contributed by atoms with van der Waals surface area (Å²) in [6.07, 6.45) is 12.3. The summed E-state index contributed by atoms with van der Waals surface area (Å²) in [6.45, 7) is 13.0. The highest BCUT2D eigenvalue weighted by Gasteiger charge is 2.17. The van der Waals surface area contributed by atoms with Crippen LogP contribution >= 0.6 is 0 Å². The summed E-state index contributed by atoms with van der Waals surface area (Å²) in [7, 11) is 9.08. The molecular weight excluding hydrogens is 478 g/mol. The SMILES string of the molecule is C=CC(=C\N(C)C)/C1=N/CN(C/C(=C/C)N(C)N=C)/C(=N/c2cc(OC)cc(OC)c2C)C/C=C\C/N=C\1. The van der Waals surface area contributed by atoms with E-state index in [0.717, 1.165) is 34.1 Å². The van der Waals surface area contributed by atoms with Gasteiger partial charge in [-0.1, -0.05) is 30.9 Å². The van der Waals surface area contributed by atoms with Gasteiger partial charge in [0.25, 0.3) is 0 Å². The van der Waals surface area contributed by atoms with Crippen LogP contribution < -0.4 is 9.47 Å². The van der Waals surface area contributed by atoms with E-state index >= 15 is 0 Å². The molecule has 9 nitrogen and oxygen atoms in total. The topological polar surface area (TPSA) is 77.6 Å². The van der Waals surface area contributed by atoms with Crippen molar-refractivity contribution < 1.29 is 9.47 Å². The molecule has 2 rings (SSSR count). The number of nitrogens with zero attached hydrogens (tertiary/aromatic N) is 7. The minimum atomic E-state index is 0.342. The Morgan fingerprint density at radius 3 is 2.55 bits per heavy atom. The molecule has 204 valence electrons. The van der Waals surface area contributed by atoms with Gasteiger partial charge in [-0.3, -0.25) is 15.0 Å². The number of benzene rings is 1. The van der Waals surface area contributed by atoms with Crippen LogP contribution in [-0.4, -0.2) is 94.4 Å². The zero-order valence-corrected chi connectivity index (χ0v) is 23.8. The van der Waals surface area contributed by atoms with E-state index in [4.69, 9.17) is 19.5 Å². The molecule has 0 fully saturated rings. The number of likely N-dealkylation sites (N-methyl/N-ethyl adjacent to an activating group) is 1. The molecular formula is C29H41N7O2. The molecule has 1 aromatic rings. The molecule has 1 aromatic carbocycles. The Bertz CT molecular complexity index is 1160. The molecule has 0 spiro atoms. The van der Waals surface area contributed by atoms with E-state index in [9.17, 15) is 0 Å². The zero-order chi connectivity index (χ0) is 28.1. The van der Waals surface area contributed by atoms with Gasteiger partial charge in [0.1, 0.15) is 24.0 Å². The van der Waals surface area contributed by atoms with Gasteiger partial charge in [-0.2, -0.15) is 5.10 Å². The maximum Gasteiger partial charge on any atom is 0.127 e. The van der Waals surface area contributed by atoms with E-state index in [2.05, 4.69) is 34.4 Å². The van der Waals surface area contributed by atoms with E-state index < -0.39 is 0 Å².